The summed E-state index contributed by atoms with van der Waals surface area (Å²) in [6.07, 6.45) is 1.60. The molecule has 1 aromatic rings. The molecule has 0 bridgehead atoms. The molecule has 0 spiro atoms. The van der Waals surface area contributed by atoms with Gasteiger partial charge in [0, 0.05) is 24.9 Å². The lowest BCUT2D eigenvalue weighted by atomic mass is 10.2. The molecular formula is C15H24N2O3S. The Morgan fingerprint density at radius 3 is 2.76 bits per heavy atom. The Labute approximate surface area is 127 Å². The van der Waals surface area contributed by atoms with Gasteiger partial charge >= 0.3 is 0 Å². The van der Waals surface area contributed by atoms with Gasteiger partial charge in [-0.2, -0.15) is 4.31 Å². The van der Waals surface area contributed by atoms with Gasteiger partial charge in [0.15, 0.2) is 0 Å². The summed E-state index contributed by atoms with van der Waals surface area (Å²) in [5.74, 6) is 0.0630. The number of nitrogens with two attached hydrogens (primary N) is 1. The lowest BCUT2D eigenvalue weighted by molar-refractivity contribution is 0.126. The van der Waals surface area contributed by atoms with Crippen molar-refractivity contribution < 1.29 is 13.2 Å². The first-order valence-corrected chi connectivity index (χ1v) is 8.95. The molecule has 0 aromatic heterocycles. The highest BCUT2D eigenvalue weighted by molar-refractivity contribution is 7.89. The molecule has 118 valence electrons. The van der Waals surface area contributed by atoms with Gasteiger partial charge in [0.2, 0.25) is 10.0 Å². The van der Waals surface area contributed by atoms with E-state index in [2.05, 4.69) is 0 Å². The van der Waals surface area contributed by atoms with E-state index in [9.17, 15) is 8.42 Å². The van der Waals surface area contributed by atoms with Crippen LogP contribution in [0.15, 0.2) is 24.3 Å². The summed E-state index contributed by atoms with van der Waals surface area (Å²) in [7, 11) is -3.35. The Morgan fingerprint density at radius 2 is 2.19 bits per heavy atom. The molecule has 1 fully saturated rings. The van der Waals surface area contributed by atoms with E-state index >= 15 is 0 Å². The van der Waals surface area contributed by atoms with Gasteiger partial charge < -0.3 is 10.5 Å². The number of hydrogen-bond donors (Lipinski definition) is 1. The maximum absolute atomic E-state index is 12.6. The second kappa shape index (κ2) is 6.77. The highest BCUT2D eigenvalue weighted by atomic mass is 32.2. The van der Waals surface area contributed by atoms with Crippen LogP contribution in [0.1, 0.15) is 32.3 Å². The van der Waals surface area contributed by atoms with Crippen molar-refractivity contribution in [3.8, 4) is 0 Å². The van der Waals surface area contributed by atoms with Crippen LogP contribution in [0.3, 0.4) is 0 Å². The van der Waals surface area contributed by atoms with E-state index in [1.807, 2.05) is 32.0 Å². The van der Waals surface area contributed by atoms with Crippen molar-refractivity contribution in [2.45, 2.75) is 45.4 Å². The number of benzene rings is 1. The molecule has 1 saturated heterocycles. The molecule has 1 aliphatic heterocycles. The molecule has 1 heterocycles. The Bertz CT molecular complexity index is 566. The van der Waals surface area contributed by atoms with Gasteiger partial charge in [-0.25, -0.2) is 8.42 Å². The predicted octanol–water partition coefficient (Wildman–Crippen LogP) is 1.99. The summed E-state index contributed by atoms with van der Waals surface area (Å²) in [6, 6.07) is 7.25. The molecule has 2 N–H and O–H groups in total. The van der Waals surface area contributed by atoms with Gasteiger partial charge in [0.05, 0.1) is 11.9 Å². The number of ether oxygens (including phenoxy) is 1. The van der Waals surface area contributed by atoms with E-state index in [0.717, 1.165) is 18.4 Å². The van der Waals surface area contributed by atoms with Crippen molar-refractivity contribution >= 4 is 15.7 Å². The number of hydrogen-bond acceptors (Lipinski definition) is 4. The van der Waals surface area contributed by atoms with Crippen LogP contribution in [0.5, 0.6) is 0 Å². The van der Waals surface area contributed by atoms with Crippen LogP contribution in [0.25, 0.3) is 0 Å². The van der Waals surface area contributed by atoms with Crippen molar-refractivity contribution in [1.29, 1.82) is 0 Å². The van der Waals surface area contributed by atoms with Crippen LogP contribution in [-0.4, -0.2) is 37.2 Å². The normalized spacial score (nSPS) is 19.5. The molecule has 21 heavy (non-hydrogen) atoms. The molecule has 5 nitrogen and oxygen atoms in total. The minimum atomic E-state index is -3.35. The van der Waals surface area contributed by atoms with Gasteiger partial charge in [-0.3, -0.25) is 0 Å². The van der Waals surface area contributed by atoms with E-state index < -0.39 is 10.0 Å². The highest BCUT2D eigenvalue weighted by Crippen LogP contribution is 2.20. The zero-order chi connectivity index (χ0) is 15.5. The van der Waals surface area contributed by atoms with Gasteiger partial charge in [-0.15, -0.1) is 0 Å². The van der Waals surface area contributed by atoms with Crippen LogP contribution in [0, 0.1) is 0 Å². The molecule has 1 unspecified atom stereocenters. The van der Waals surface area contributed by atoms with E-state index in [1.165, 1.54) is 4.31 Å². The number of sulfonamides is 1. The van der Waals surface area contributed by atoms with Crippen LogP contribution in [0.2, 0.25) is 0 Å². The second-order valence-electron chi connectivity index (χ2n) is 5.80. The fourth-order valence-electron chi connectivity index (χ4n) is 2.58. The second-order valence-corrected chi connectivity index (χ2v) is 7.76. The third-order valence-electron chi connectivity index (χ3n) is 3.64. The van der Waals surface area contributed by atoms with Crippen molar-refractivity contribution in [2.75, 3.05) is 18.1 Å². The third kappa shape index (κ3) is 4.43. The smallest absolute Gasteiger partial charge is 0.217 e. The Balaban J connectivity index is 2.13. The number of nitrogen functional groups attached to an aromatic ring is 1. The summed E-state index contributed by atoms with van der Waals surface area (Å²) in [5, 5.41) is 0. The molecule has 1 aromatic carbocycles. The van der Waals surface area contributed by atoms with E-state index in [0.29, 0.717) is 18.8 Å². The number of rotatable bonds is 6. The van der Waals surface area contributed by atoms with Gasteiger partial charge in [-0.1, -0.05) is 12.1 Å². The molecule has 1 atom stereocenters. The Hall–Kier alpha value is -1.11. The van der Waals surface area contributed by atoms with Crippen LogP contribution in [0.4, 0.5) is 5.69 Å². The minimum absolute atomic E-state index is 0.0630. The molecular weight excluding hydrogens is 288 g/mol. The lowest BCUT2D eigenvalue weighted by Crippen LogP contribution is -2.40. The maximum atomic E-state index is 12.6. The highest BCUT2D eigenvalue weighted by Gasteiger charge is 2.30. The molecule has 0 aliphatic carbocycles. The summed E-state index contributed by atoms with van der Waals surface area (Å²) < 4.78 is 32.3. The molecule has 1 aliphatic rings. The van der Waals surface area contributed by atoms with E-state index in [1.54, 1.807) is 6.07 Å². The fraction of sp³-hybridized carbons (Fsp3) is 0.600. The molecule has 0 radical (unpaired) electrons. The minimum Gasteiger partial charge on any atom is -0.399 e. The number of anilines is 1. The topological polar surface area (TPSA) is 72.6 Å². The van der Waals surface area contributed by atoms with Crippen molar-refractivity contribution in [3.63, 3.8) is 0 Å². The molecule has 0 saturated carbocycles. The zero-order valence-electron chi connectivity index (χ0n) is 12.7. The van der Waals surface area contributed by atoms with E-state index in [4.69, 9.17) is 10.5 Å². The van der Waals surface area contributed by atoms with Crippen molar-refractivity contribution in [2.24, 2.45) is 0 Å². The molecule has 2 rings (SSSR count). The first kappa shape index (κ1) is 16.3. The van der Waals surface area contributed by atoms with Gasteiger partial charge in [0.25, 0.3) is 0 Å². The number of nitrogens with zero attached hydrogens (tertiary/aromatic N) is 1. The Kier molecular flexibility index (Phi) is 5.24. The van der Waals surface area contributed by atoms with E-state index in [-0.39, 0.29) is 17.9 Å². The third-order valence-corrected chi connectivity index (χ3v) is 5.70. The monoisotopic (exact) mass is 312 g/mol. The molecule has 0 amide bonds. The quantitative estimate of drug-likeness (QED) is 0.815. The first-order chi connectivity index (χ1) is 9.88. The summed E-state index contributed by atoms with van der Waals surface area (Å²) in [4.78, 5) is 0. The average molecular weight is 312 g/mol. The predicted molar refractivity (Wildman–Crippen MR) is 84.3 cm³/mol. The van der Waals surface area contributed by atoms with Gasteiger partial charge in [-0.05, 0) is 44.4 Å². The van der Waals surface area contributed by atoms with Gasteiger partial charge in [0.1, 0.15) is 0 Å². The standard InChI is InChI=1S/C15H24N2O3S/c1-12(2)17(10-13-5-3-6-14(16)9-13)21(18,19)11-15-7-4-8-20-15/h3,5-6,9,12,15H,4,7-8,10-11,16H2,1-2H3. The zero-order valence-corrected chi connectivity index (χ0v) is 13.5. The maximum Gasteiger partial charge on any atom is 0.217 e. The van der Waals surface area contributed by atoms with Crippen LogP contribution < -0.4 is 5.73 Å². The fourth-order valence-corrected chi connectivity index (χ4v) is 4.49. The summed E-state index contributed by atoms with van der Waals surface area (Å²) in [5.41, 5.74) is 7.31. The summed E-state index contributed by atoms with van der Waals surface area (Å²) in [6.45, 7) is 4.79. The SMILES string of the molecule is CC(C)N(Cc1cccc(N)c1)S(=O)(=O)CC1CCCO1. The van der Waals surface area contributed by atoms with Crippen molar-refractivity contribution in [3.05, 3.63) is 29.8 Å². The van der Waals surface area contributed by atoms with Crippen LogP contribution >= 0.6 is 0 Å². The first-order valence-electron chi connectivity index (χ1n) is 7.34. The average Bonchev–Trinajstić information content (AvgIpc) is 2.87. The molecule has 6 heteroatoms. The van der Waals surface area contributed by atoms with Crippen LogP contribution in [-0.2, 0) is 21.3 Å². The summed E-state index contributed by atoms with van der Waals surface area (Å²) >= 11 is 0. The lowest BCUT2D eigenvalue weighted by Gasteiger charge is -2.27. The Morgan fingerprint density at radius 1 is 1.43 bits per heavy atom. The van der Waals surface area contributed by atoms with Crippen molar-refractivity contribution in [1.82, 2.24) is 4.31 Å². The largest absolute Gasteiger partial charge is 0.399 e.